The van der Waals surface area contributed by atoms with Crippen LogP contribution in [0.15, 0.2) is 42.5 Å². The molecular formula is C17H22Cl2O. The molecule has 0 fully saturated rings. The van der Waals surface area contributed by atoms with Crippen molar-refractivity contribution in [1.82, 2.24) is 0 Å². The van der Waals surface area contributed by atoms with Crippen molar-refractivity contribution in [3.05, 3.63) is 64.7 Å². The van der Waals surface area contributed by atoms with Crippen molar-refractivity contribution in [2.75, 3.05) is 6.61 Å². The minimum atomic E-state index is 0. The molecule has 0 spiro atoms. The molecule has 1 nitrogen and oxygen atoms in total. The zero-order valence-electron chi connectivity index (χ0n) is 12.2. The van der Waals surface area contributed by atoms with Gasteiger partial charge in [-0.15, -0.1) is 24.8 Å². The third kappa shape index (κ3) is 5.07. The van der Waals surface area contributed by atoms with Crippen LogP contribution in [0.2, 0.25) is 0 Å². The van der Waals surface area contributed by atoms with Crippen LogP contribution in [0.25, 0.3) is 0 Å². The number of hydrogen-bond donors (Lipinski definition) is 0. The van der Waals surface area contributed by atoms with E-state index in [1.165, 1.54) is 22.3 Å². The first-order valence-corrected chi connectivity index (χ1v) is 6.41. The zero-order chi connectivity index (χ0) is 13.0. The Kier molecular flexibility index (Phi) is 8.36. The summed E-state index contributed by atoms with van der Waals surface area (Å²) in [6.45, 7) is 7.06. The van der Waals surface area contributed by atoms with Gasteiger partial charge >= 0.3 is 0 Å². The maximum absolute atomic E-state index is 5.85. The second-order valence-corrected chi connectivity index (χ2v) is 4.78. The first-order chi connectivity index (χ1) is 8.66. The minimum absolute atomic E-state index is 0. The van der Waals surface area contributed by atoms with Gasteiger partial charge in [0.15, 0.2) is 0 Å². The number of benzene rings is 2. The highest BCUT2D eigenvalue weighted by Gasteiger charge is 2.01. The third-order valence-electron chi connectivity index (χ3n) is 3.32. The molecule has 0 unspecified atom stereocenters. The Morgan fingerprint density at radius 3 is 2.15 bits per heavy atom. The standard InChI is InChI=1S/C17H20O.2ClH/c1-13-7-9-16(10-8-13)11-12-18-17-6-4-5-14(2)15(17)3;;/h4-10H,11-12H2,1-3H3;2*1H. The van der Waals surface area contributed by atoms with Crippen LogP contribution in [-0.2, 0) is 6.42 Å². The highest BCUT2D eigenvalue weighted by molar-refractivity contribution is 5.85. The van der Waals surface area contributed by atoms with Gasteiger partial charge in [0, 0.05) is 6.42 Å². The topological polar surface area (TPSA) is 9.23 Å². The molecule has 110 valence electrons. The molecule has 0 bridgehead atoms. The molecule has 0 aromatic heterocycles. The van der Waals surface area contributed by atoms with E-state index in [1.54, 1.807) is 0 Å². The van der Waals surface area contributed by atoms with E-state index in [0.29, 0.717) is 0 Å². The summed E-state index contributed by atoms with van der Waals surface area (Å²) in [5.41, 5.74) is 5.14. The van der Waals surface area contributed by atoms with Crippen LogP contribution in [0.3, 0.4) is 0 Å². The van der Waals surface area contributed by atoms with Gasteiger partial charge in [-0.2, -0.15) is 0 Å². The summed E-state index contributed by atoms with van der Waals surface area (Å²) >= 11 is 0. The van der Waals surface area contributed by atoms with Gasteiger partial charge < -0.3 is 4.74 Å². The first-order valence-electron chi connectivity index (χ1n) is 6.41. The summed E-state index contributed by atoms with van der Waals surface area (Å²) in [7, 11) is 0. The fraction of sp³-hybridized carbons (Fsp3) is 0.294. The van der Waals surface area contributed by atoms with Crippen molar-refractivity contribution >= 4 is 24.8 Å². The van der Waals surface area contributed by atoms with Gasteiger partial charge in [-0.25, -0.2) is 0 Å². The monoisotopic (exact) mass is 312 g/mol. The summed E-state index contributed by atoms with van der Waals surface area (Å²) in [5.74, 6) is 1.00. The van der Waals surface area contributed by atoms with E-state index in [4.69, 9.17) is 4.74 Å². The molecule has 3 heteroatoms. The molecule has 0 saturated heterocycles. The first kappa shape index (κ1) is 18.8. The Balaban J connectivity index is 0.00000180. The van der Waals surface area contributed by atoms with Crippen LogP contribution in [0.1, 0.15) is 22.3 Å². The van der Waals surface area contributed by atoms with E-state index >= 15 is 0 Å². The predicted octanol–water partition coefficient (Wildman–Crippen LogP) is 5.08. The third-order valence-corrected chi connectivity index (χ3v) is 3.32. The van der Waals surface area contributed by atoms with E-state index in [2.05, 4.69) is 51.1 Å². The van der Waals surface area contributed by atoms with Gasteiger partial charge in [0.25, 0.3) is 0 Å². The van der Waals surface area contributed by atoms with Crippen LogP contribution in [0, 0.1) is 20.8 Å². The van der Waals surface area contributed by atoms with Gasteiger partial charge in [0.05, 0.1) is 6.61 Å². The molecule has 0 heterocycles. The fourth-order valence-electron chi connectivity index (χ4n) is 1.91. The Morgan fingerprint density at radius 1 is 0.850 bits per heavy atom. The van der Waals surface area contributed by atoms with E-state index in [9.17, 15) is 0 Å². The number of hydrogen-bond acceptors (Lipinski definition) is 1. The number of halogens is 2. The van der Waals surface area contributed by atoms with E-state index in [-0.39, 0.29) is 24.8 Å². The second-order valence-electron chi connectivity index (χ2n) is 4.78. The summed E-state index contributed by atoms with van der Waals surface area (Å²) in [6, 6.07) is 14.8. The number of aryl methyl sites for hydroxylation is 2. The highest BCUT2D eigenvalue weighted by atomic mass is 35.5. The SMILES string of the molecule is Cc1ccc(CCOc2cccc(C)c2C)cc1.Cl.Cl. The maximum atomic E-state index is 5.85. The van der Waals surface area contributed by atoms with Crippen molar-refractivity contribution in [2.45, 2.75) is 27.2 Å². The zero-order valence-corrected chi connectivity index (χ0v) is 13.8. The van der Waals surface area contributed by atoms with Gasteiger partial charge in [-0.3, -0.25) is 0 Å². The summed E-state index contributed by atoms with van der Waals surface area (Å²) in [5, 5.41) is 0. The van der Waals surface area contributed by atoms with Crippen molar-refractivity contribution in [3.8, 4) is 5.75 Å². The molecule has 20 heavy (non-hydrogen) atoms. The molecular weight excluding hydrogens is 291 g/mol. The highest BCUT2D eigenvalue weighted by Crippen LogP contribution is 2.20. The maximum Gasteiger partial charge on any atom is 0.122 e. The van der Waals surface area contributed by atoms with Crippen molar-refractivity contribution in [1.29, 1.82) is 0 Å². The molecule has 2 aromatic rings. The van der Waals surface area contributed by atoms with Crippen LogP contribution >= 0.6 is 24.8 Å². The van der Waals surface area contributed by atoms with Gasteiger partial charge in [0.1, 0.15) is 5.75 Å². The normalized spacial score (nSPS) is 9.35. The summed E-state index contributed by atoms with van der Waals surface area (Å²) in [4.78, 5) is 0. The van der Waals surface area contributed by atoms with Crippen molar-refractivity contribution < 1.29 is 4.74 Å². The van der Waals surface area contributed by atoms with Crippen LogP contribution in [0.4, 0.5) is 0 Å². The van der Waals surface area contributed by atoms with Crippen LogP contribution in [-0.4, -0.2) is 6.61 Å². The van der Waals surface area contributed by atoms with E-state index in [0.717, 1.165) is 18.8 Å². The second kappa shape index (κ2) is 8.89. The molecule has 0 aliphatic heterocycles. The fourth-order valence-corrected chi connectivity index (χ4v) is 1.91. The lowest BCUT2D eigenvalue weighted by Crippen LogP contribution is -2.03. The molecule has 0 atom stereocenters. The van der Waals surface area contributed by atoms with E-state index < -0.39 is 0 Å². The average Bonchev–Trinajstić information content (AvgIpc) is 2.37. The molecule has 2 rings (SSSR count). The lowest BCUT2D eigenvalue weighted by Gasteiger charge is -2.10. The van der Waals surface area contributed by atoms with Crippen LogP contribution < -0.4 is 4.74 Å². The molecule has 0 saturated carbocycles. The van der Waals surface area contributed by atoms with Crippen molar-refractivity contribution in [2.24, 2.45) is 0 Å². The minimum Gasteiger partial charge on any atom is -0.493 e. The predicted molar refractivity (Wildman–Crippen MR) is 90.8 cm³/mol. The van der Waals surface area contributed by atoms with Crippen molar-refractivity contribution in [3.63, 3.8) is 0 Å². The lowest BCUT2D eigenvalue weighted by atomic mass is 10.1. The Hall–Kier alpha value is -1.18. The molecule has 0 N–H and O–H groups in total. The van der Waals surface area contributed by atoms with Gasteiger partial charge in [0.2, 0.25) is 0 Å². The van der Waals surface area contributed by atoms with Gasteiger partial charge in [-0.05, 0) is 43.5 Å². The van der Waals surface area contributed by atoms with Crippen LogP contribution in [0.5, 0.6) is 5.75 Å². The summed E-state index contributed by atoms with van der Waals surface area (Å²) in [6.07, 6.45) is 0.952. The molecule has 0 amide bonds. The molecule has 0 radical (unpaired) electrons. The lowest BCUT2D eigenvalue weighted by molar-refractivity contribution is 0.319. The molecule has 2 aromatic carbocycles. The van der Waals surface area contributed by atoms with Gasteiger partial charge in [-0.1, -0.05) is 42.0 Å². The quantitative estimate of drug-likeness (QED) is 0.765. The Labute approximate surface area is 134 Å². The smallest absolute Gasteiger partial charge is 0.122 e. The molecule has 0 aliphatic rings. The number of rotatable bonds is 4. The molecule has 0 aliphatic carbocycles. The Morgan fingerprint density at radius 2 is 1.50 bits per heavy atom. The average molecular weight is 313 g/mol. The number of ether oxygens (including phenoxy) is 1. The summed E-state index contributed by atoms with van der Waals surface area (Å²) < 4.78 is 5.85. The van der Waals surface area contributed by atoms with E-state index in [1.807, 2.05) is 12.1 Å². The Bertz CT molecular complexity index is 521. The largest absolute Gasteiger partial charge is 0.493 e.